The van der Waals surface area contributed by atoms with Gasteiger partial charge in [-0.15, -0.1) is 0 Å². The maximum Gasteiger partial charge on any atom is 0.229 e. The van der Waals surface area contributed by atoms with Crippen molar-refractivity contribution in [3.8, 4) is 0 Å². The number of nitrogens with zero attached hydrogens (tertiary/aromatic N) is 2. The van der Waals surface area contributed by atoms with Crippen LogP contribution in [0.2, 0.25) is 0 Å². The van der Waals surface area contributed by atoms with E-state index in [1.165, 1.54) is 5.56 Å². The Bertz CT molecular complexity index is 836. The Morgan fingerprint density at radius 1 is 1.25 bits per heavy atom. The summed E-state index contributed by atoms with van der Waals surface area (Å²) in [5, 5.41) is 6.49. The average molecular weight is 346 g/mol. The molecular weight excluding hydrogens is 324 g/mol. The Kier molecular flexibility index (Phi) is 4.71. The molecule has 0 aliphatic carbocycles. The summed E-state index contributed by atoms with van der Waals surface area (Å²) < 4.78 is 23.2. The quantitative estimate of drug-likeness (QED) is 0.866. The minimum absolute atomic E-state index is 0.0833. The standard InChI is InChI=1S/C17H22N4O2S/c1-3-13-6-4-5-7-15(13)20-17-18-12(2)10-16(21-17)19-14-8-9-24(22,23)11-14/h4-7,10,14H,3,8-9,11H2,1-2H3,(H2,18,19,20,21). The number of hydrogen-bond donors (Lipinski definition) is 2. The first-order valence-corrected chi connectivity index (χ1v) is 9.95. The molecule has 6 nitrogen and oxygen atoms in total. The summed E-state index contributed by atoms with van der Waals surface area (Å²) in [6.45, 7) is 4.00. The number of benzene rings is 1. The van der Waals surface area contributed by atoms with Crippen molar-refractivity contribution in [2.75, 3.05) is 22.1 Å². The van der Waals surface area contributed by atoms with Gasteiger partial charge in [0, 0.05) is 23.5 Å². The van der Waals surface area contributed by atoms with Crippen LogP contribution in [0.25, 0.3) is 0 Å². The lowest BCUT2D eigenvalue weighted by atomic mass is 10.1. The van der Waals surface area contributed by atoms with Crippen molar-refractivity contribution in [3.05, 3.63) is 41.6 Å². The fourth-order valence-electron chi connectivity index (χ4n) is 2.89. The van der Waals surface area contributed by atoms with Gasteiger partial charge in [-0.05, 0) is 31.4 Å². The third-order valence-corrected chi connectivity index (χ3v) is 5.85. The molecule has 1 aromatic carbocycles. The van der Waals surface area contributed by atoms with E-state index in [1.807, 2.05) is 31.2 Å². The molecule has 1 aliphatic rings. The van der Waals surface area contributed by atoms with E-state index in [-0.39, 0.29) is 17.5 Å². The van der Waals surface area contributed by atoms with Gasteiger partial charge in [-0.1, -0.05) is 25.1 Å². The second-order valence-electron chi connectivity index (χ2n) is 6.10. The summed E-state index contributed by atoms with van der Waals surface area (Å²) >= 11 is 0. The first-order chi connectivity index (χ1) is 11.4. The molecule has 24 heavy (non-hydrogen) atoms. The molecule has 1 atom stereocenters. The Balaban J connectivity index is 1.79. The van der Waals surface area contributed by atoms with Crippen molar-refractivity contribution < 1.29 is 8.42 Å². The summed E-state index contributed by atoms with van der Waals surface area (Å²) in [5.74, 6) is 1.57. The van der Waals surface area contributed by atoms with Crippen LogP contribution in [0.5, 0.6) is 0 Å². The van der Waals surface area contributed by atoms with Gasteiger partial charge in [-0.2, -0.15) is 4.98 Å². The Morgan fingerprint density at radius 2 is 2.04 bits per heavy atom. The number of aromatic nitrogens is 2. The van der Waals surface area contributed by atoms with Crippen molar-refractivity contribution in [1.29, 1.82) is 0 Å². The molecule has 0 bridgehead atoms. The van der Waals surface area contributed by atoms with Crippen LogP contribution in [-0.4, -0.2) is 35.9 Å². The van der Waals surface area contributed by atoms with Crippen LogP contribution >= 0.6 is 0 Å². The summed E-state index contributed by atoms with van der Waals surface area (Å²) in [6.07, 6.45) is 1.53. The second kappa shape index (κ2) is 6.76. The van der Waals surface area contributed by atoms with Crippen molar-refractivity contribution in [2.45, 2.75) is 32.7 Å². The van der Waals surface area contributed by atoms with E-state index in [4.69, 9.17) is 0 Å². The number of nitrogens with one attached hydrogen (secondary N) is 2. The lowest BCUT2D eigenvalue weighted by molar-refractivity contribution is 0.602. The van der Waals surface area contributed by atoms with Crippen molar-refractivity contribution >= 4 is 27.3 Å². The number of para-hydroxylation sites is 1. The molecule has 2 aromatic rings. The number of hydrogen-bond acceptors (Lipinski definition) is 6. The zero-order valence-electron chi connectivity index (χ0n) is 13.9. The Labute approximate surface area is 142 Å². The highest BCUT2D eigenvalue weighted by Gasteiger charge is 2.28. The molecule has 1 aliphatic heterocycles. The van der Waals surface area contributed by atoms with Gasteiger partial charge in [-0.25, -0.2) is 13.4 Å². The molecular formula is C17H22N4O2S. The van der Waals surface area contributed by atoms with Crippen LogP contribution in [0.4, 0.5) is 17.5 Å². The van der Waals surface area contributed by atoms with E-state index in [2.05, 4.69) is 33.6 Å². The number of anilines is 3. The molecule has 2 N–H and O–H groups in total. The van der Waals surface area contributed by atoms with Gasteiger partial charge < -0.3 is 10.6 Å². The van der Waals surface area contributed by atoms with E-state index < -0.39 is 9.84 Å². The molecule has 1 aromatic heterocycles. The minimum Gasteiger partial charge on any atom is -0.366 e. The second-order valence-corrected chi connectivity index (χ2v) is 8.33. The van der Waals surface area contributed by atoms with Gasteiger partial charge in [0.25, 0.3) is 0 Å². The fourth-order valence-corrected chi connectivity index (χ4v) is 4.56. The van der Waals surface area contributed by atoms with Crippen LogP contribution in [0.15, 0.2) is 30.3 Å². The van der Waals surface area contributed by atoms with Gasteiger partial charge in [0.2, 0.25) is 5.95 Å². The lowest BCUT2D eigenvalue weighted by Gasteiger charge is -2.14. The van der Waals surface area contributed by atoms with Crippen molar-refractivity contribution in [2.24, 2.45) is 0 Å². The van der Waals surface area contributed by atoms with Gasteiger partial charge in [-0.3, -0.25) is 0 Å². The summed E-state index contributed by atoms with van der Waals surface area (Å²) in [7, 11) is -2.91. The highest BCUT2D eigenvalue weighted by Crippen LogP contribution is 2.22. The molecule has 1 fully saturated rings. The lowest BCUT2D eigenvalue weighted by Crippen LogP contribution is -2.21. The van der Waals surface area contributed by atoms with Crippen molar-refractivity contribution in [1.82, 2.24) is 9.97 Å². The third-order valence-electron chi connectivity index (χ3n) is 4.08. The number of aryl methyl sites for hydroxylation is 2. The molecule has 2 heterocycles. The zero-order valence-corrected chi connectivity index (χ0v) is 14.7. The highest BCUT2D eigenvalue weighted by molar-refractivity contribution is 7.91. The zero-order chi connectivity index (χ0) is 17.2. The van der Waals surface area contributed by atoms with Crippen LogP contribution in [0.3, 0.4) is 0 Å². The topological polar surface area (TPSA) is 84.0 Å². The highest BCUT2D eigenvalue weighted by atomic mass is 32.2. The van der Waals surface area contributed by atoms with Gasteiger partial charge in [0.1, 0.15) is 5.82 Å². The van der Waals surface area contributed by atoms with Crippen LogP contribution in [0.1, 0.15) is 24.6 Å². The molecule has 1 saturated heterocycles. The maximum absolute atomic E-state index is 11.6. The minimum atomic E-state index is -2.91. The molecule has 0 spiro atoms. The van der Waals surface area contributed by atoms with E-state index in [0.717, 1.165) is 17.8 Å². The van der Waals surface area contributed by atoms with Gasteiger partial charge in [0.15, 0.2) is 9.84 Å². The Hall–Kier alpha value is -2.15. The monoisotopic (exact) mass is 346 g/mol. The molecule has 7 heteroatoms. The van der Waals surface area contributed by atoms with Crippen LogP contribution in [-0.2, 0) is 16.3 Å². The van der Waals surface area contributed by atoms with Gasteiger partial charge >= 0.3 is 0 Å². The van der Waals surface area contributed by atoms with E-state index in [0.29, 0.717) is 18.2 Å². The van der Waals surface area contributed by atoms with Crippen molar-refractivity contribution in [3.63, 3.8) is 0 Å². The summed E-state index contributed by atoms with van der Waals surface area (Å²) in [6, 6.07) is 9.80. The summed E-state index contributed by atoms with van der Waals surface area (Å²) in [5.41, 5.74) is 3.00. The first-order valence-electron chi connectivity index (χ1n) is 8.13. The fraction of sp³-hybridized carbons (Fsp3) is 0.412. The predicted molar refractivity (Wildman–Crippen MR) is 96.6 cm³/mol. The molecule has 3 rings (SSSR count). The predicted octanol–water partition coefficient (Wildman–Crippen LogP) is 2.69. The maximum atomic E-state index is 11.6. The van der Waals surface area contributed by atoms with E-state index >= 15 is 0 Å². The molecule has 0 amide bonds. The SMILES string of the molecule is CCc1ccccc1Nc1nc(C)cc(NC2CCS(=O)(=O)C2)n1. The largest absolute Gasteiger partial charge is 0.366 e. The number of sulfone groups is 1. The van der Waals surface area contributed by atoms with Crippen LogP contribution in [0, 0.1) is 6.92 Å². The molecule has 0 radical (unpaired) electrons. The van der Waals surface area contributed by atoms with E-state index in [1.54, 1.807) is 0 Å². The normalized spacial score (nSPS) is 19.2. The third kappa shape index (κ3) is 4.03. The van der Waals surface area contributed by atoms with Crippen LogP contribution < -0.4 is 10.6 Å². The number of rotatable bonds is 5. The molecule has 0 saturated carbocycles. The van der Waals surface area contributed by atoms with E-state index in [9.17, 15) is 8.42 Å². The summed E-state index contributed by atoms with van der Waals surface area (Å²) in [4.78, 5) is 8.91. The molecule has 1 unspecified atom stereocenters. The first kappa shape index (κ1) is 16.7. The van der Waals surface area contributed by atoms with Gasteiger partial charge in [0.05, 0.1) is 11.5 Å². The average Bonchev–Trinajstić information content (AvgIpc) is 2.86. The molecule has 128 valence electrons. The Morgan fingerprint density at radius 3 is 2.75 bits per heavy atom. The smallest absolute Gasteiger partial charge is 0.229 e.